The summed E-state index contributed by atoms with van der Waals surface area (Å²) in [5, 5.41) is 3.14. The fourth-order valence-electron chi connectivity index (χ4n) is 2.86. The molecule has 1 fully saturated rings. The minimum Gasteiger partial charge on any atom is -0.491 e. The third-order valence-electron chi connectivity index (χ3n) is 4.24. The number of guanidine groups is 1. The van der Waals surface area contributed by atoms with E-state index in [0.717, 1.165) is 50.7 Å². The van der Waals surface area contributed by atoms with Crippen LogP contribution in [0.4, 0.5) is 5.69 Å². The molecular formula is C19H34IN5O. The number of rotatable bonds is 7. The number of hydrogen-bond acceptors (Lipinski definition) is 4. The number of anilines is 1. The van der Waals surface area contributed by atoms with Crippen molar-refractivity contribution in [3.63, 3.8) is 0 Å². The van der Waals surface area contributed by atoms with Crippen LogP contribution in [0.1, 0.15) is 20.8 Å². The normalized spacial score (nSPS) is 17.7. The number of hydrogen-bond donors (Lipinski definition) is 2. The molecule has 7 heteroatoms. The Kier molecular flexibility index (Phi) is 10.3. The van der Waals surface area contributed by atoms with E-state index in [1.165, 1.54) is 0 Å². The molecule has 3 N–H and O–H groups in total. The molecule has 0 bridgehead atoms. The lowest BCUT2D eigenvalue weighted by Crippen LogP contribution is -2.46. The van der Waals surface area contributed by atoms with E-state index in [9.17, 15) is 0 Å². The summed E-state index contributed by atoms with van der Waals surface area (Å²) < 4.78 is 5.63. The Morgan fingerprint density at radius 1 is 1.15 bits per heavy atom. The topological polar surface area (TPSA) is 66.1 Å². The number of nitrogens with two attached hydrogens (primary N) is 1. The van der Waals surface area contributed by atoms with Gasteiger partial charge >= 0.3 is 0 Å². The quantitative estimate of drug-likeness (QED) is 0.361. The van der Waals surface area contributed by atoms with Gasteiger partial charge in [-0.15, -0.1) is 24.0 Å². The number of aliphatic imine (C=N–C) groups is 1. The second-order valence-corrected chi connectivity index (χ2v) is 7.25. The van der Waals surface area contributed by atoms with Crippen LogP contribution in [0.5, 0.6) is 5.75 Å². The zero-order valence-electron chi connectivity index (χ0n) is 16.4. The number of halogens is 1. The average Bonchev–Trinajstić information content (AvgIpc) is 2.56. The molecule has 148 valence electrons. The van der Waals surface area contributed by atoms with Crippen molar-refractivity contribution >= 4 is 35.6 Å². The molecule has 2 rings (SSSR count). The van der Waals surface area contributed by atoms with Crippen molar-refractivity contribution < 1.29 is 4.74 Å². The molecule has 0 aliphatic carbocycles. The standard InChI is InChI=1S/C19H33N5O.HI/c1-15(2)25-18-7-5-17(6-8-18)22-19(20)21-13-16(3)14-24-11-9-23(4)10-12-24;/h5-8,15-16H,9-14H2,1-4H3,(H3,20,21,22);1H. The van der Waals surface area contributed by atoms with Crippen molar-refractivity contribution in [3.8, 4) is 5.75 Å². The third kappa shape index (κ3) is 8.55. The molecule has 6 nitrogen and oxygen atoms in total. The summed E-state index contributed by atoms with van der Waals surface area (Å²) in [6.07, 6.45) is 0.173. The molecule has 0 radical (unpaired) electrons. The second-order valence-electron chi connectivity index (χ2n) is 7.25. The van der Waals surface area contributed by atoms with Crippen molar-refractivity contribution in [2.45, 2.75) is 26.9 Å². The van der Waals surface area contributed by atoms with Gasteiger partial charge in [-0.1, -0.05) is 6.92 Å². The minimum atomic E-state index is 0. The van der Waals surface area contributed by atoms with Gasteiger partial charge in [0, 0.05) is 45.0 Å². The average molecular weight is 475 g/mol. The van der Waals surface area contributed by atoms with E-state index in [0.29, 0.717) is 11.9 Å². The number of nitrogens with one attached hydrogen (secondary N) is 1. The summed E-state index contributed by atoms with van der Waals surface area (Å²) in [4.78, 5) is 9.37. The summed E-state index contributed by atoms with van der Waals surface area (Å²) in [5.41, 5.74) is 6.93. The van der Waals surface area contributed by atoms with E-state index in [1.54, 1.807) is 0 Å². The molecule has 0 spiro atoms. The monoisotopic (exact) mass is 475 g/mol. The smallest absolute Gasteiger partial charge is 0.193 e. The molecule has 1 aromatic rings. The van der Waals surface area contributed by atoms with E-state index in [4.69, 9.17) is 10.5 Å². The zero-order chi connectivity index (χ0) is 18.2. The molecule has 0 aromatic heterocycles. The predicted octanol–water partition coefficient (Wildman–Crippen LogP) is 2.70. The highest BCUT2D eigenvalue weighted by molar-refractivity contribution is 14.0. The molecular weight excluding hydrogens is 441 g/mol. The van der Waals surface area contributed by atoms with Crippen LogP contribution in [-0.2, 0) is 0 Å². The van der Waals surface area contributed by atoms with Crippen LogP contribution in [0.25, 0.3) is 0 Å². The molecule has 1 aromatic carbocycles. The molecule has 1 aliphatic rings. The maximum Gasteiger partial charge on any atom is 0.193 e. The summed E-state index contributed by atoms with van der Waals surface area (Å²) in [7, 11) is 2.18. The predicted molar refractivity (Wildman–Crippen MR) is 121 cm³/mol. The van der Waals surface area contributed by atoms with Gasteiger partial charge in [0.05, 0.1) is 6.10 Å². The lowest BCUT2D eigenvalue weighted by atomic mass is 10.1. The lowest BCUT2D eigenvalue weighted by molar-refractivity contribution is 0.140. The SMILES string of the molecule is CC(CN=C(N)Nc1ccc(OC(C)C)cc1)CN1CCN(C)CC1.I. The largest absolute Gasteiger partial charge is 0.491 e. The van der Waals surface area contributed by atoms with E-state index in [2.05, 4.69) is 34.1 Å². The van der Waals surface area contributed by atoms with Crippen molar-refractivity contribution in [2.75, 3.05) is 51.6 Å². The first kappa shape index (κ1) is 23.0. The van der Waals surface area contributed by atoms with E-state index in [1.807, 2.05) is 38.1 Å². The molecule has 26 heavy (non-hydrogen) atoms. The highest BCUT2D eigenvalue weighted by Gasteiger charge is 2.15. The van der Waals surface area contributed by atoms with E-state index < -0.39 is 0 Å². The summed E-state index contributed by atoms with van der Waals surface area (Å²) in [6, 6.07) is 7.78. The van der Waals surface area contributed by atoms with Crippen LogP contribution in [0.15, 0.2) is 29.3 Å². The second kappa shape index (κ2) is 11.6. The Balaban J connectivity index is 0.00000338. The Labute approximate surface area is 175 Å². The first-order valence-corrected chi connectivity index (χ1v) is 9.17. The Morgan fingerprint density at radius 2 is 1.77 bits per heavy atom. The highest BCUT2D eigenvalue weighted by atomic mass is 127. The van der Waals surface area contributed by atoms with Gasteiger partial charge in [-0.05, 0) is 51.1 Å². The van der Waals surface area contributed by atoms with Gasteiger partial charge in [-0.2, -0.15) is 0 Å². The molecule has 0 saturated carbocycles. The number of ether oxygens (including phenoxy) is 1. The molecule has 1 atom stereocenters. The van der Waals surface area contributed by atoms with Gasteiger partial charge in [0.2, 0.25) is 0 Å². The van der Waals surface area contributed by atoms with Gasteiger partial charge in [-0.25, -0.2) is 0 Å². The number of piperazine rings is 1. The molecule has 1 aliphatic heterocycles. The van der Waals surface area contributed by atoms with Crippen LogP contribution in [0.2, 0.25) is 0 Å². The van der Waals surface area contributed by atoms with Crippen LogP contribution >= 0.6 is 24.0 Å². The van der Waals surface area contributed by atoms with Crippen LogP contribution < -0.4 is 15.8 Å². The Bertz CT molecular complexity index is 541. The Hall–Kier alpha value is -1.06. The third-order valence-corrected chi connectivity index (χ3v) is 4.24. The van der Waals surface area contributed by atoms with Crippen LogP contribution in [-0.4, -0.2) is 68.2 Å². The fourth-order valence-corrected chi connectivity index (χ4v) is 2.86. The van der Waals surface area contributed by atoms with E-state index >= 15 is 0 Å². The van der Waals surface area contributed by atoms with Gasteiger partial charge < -0.3 is 25.6 Å². The maximum absolute atomic E-state index is 6.01. The molecule has 1 unspecified atom stereocenters. The van der Waals surface area contributed by atoms with Crippen molar-refractivity contribution in [1.82, 2.24) is 9.80 Å². The summed E-state index contributed by atoms with van der Waals surface area (Å²) in [6.45, 7) is 12.7. The van der Waals surface area contributed by atoms with Crippen molar-refractivity contribution in [3.05, 3.63) is 24.3 Å². The van der Waals surface area contributed by atoms with E-state index in [-0.39, 0.29) is 30.1 Å². The number of likely N-dealkylation sites (N-methyl/N-ethyl adjacent to an activating group) is 1. The van der Waals surface area contributed by atoms with Gasteiger partial charge in [0.25, 0.3) is 0 Å². The van der Waals surface area contributed by atoms with Gasteiger partial charge in [-0.3, -0.25) is 4.99 Å². The minimum absolute atomic E-state index is 0. The van der Waals surface area contributed by atoms with Crippen molar-refractivity contribution in [1.29, 1.82) is 0 Å². The molecule has 1 saturated heterocycles. The summed E-state index contributed by atoms with van der Waals surface area (Å²) >= 11 is 0. The lowest BCUT2D eigenvalue weighted by Gasteiger charge is -2.33. The molecule has 1 heterocycles. The number of nitrogens with zero attached hydrogens (tertiary/aromatic N) is 3. The van der Waals surface area contributed by atoms with Crippen LogP contribution in [0, 0.1) is 5.92 Å². The zero-order valence-corrected chi connectivity index (χ0v) is 18.8. The first-order valence-electron chi connectivity index (χ1n) is 9.17. The fraction of sp³-hybridized carbons (Fsp3) is 0.632. The van der Waals surface area contributed by atoms with Gasteiger partial charge in [0.1, 0.15) is 5.75 Å². The Morgan fingerprint density at radius 3 is 2.35 bits per heavy atom. The maximum atomic E-state index is 6.01. The van der Waals surface area contributed by atoms with Gasteiger partial charge in [0.15, 0.2) is 5.96 Å². The first-order chi connectivity index (χ1) is 11.9. The molecule has 0 amide bonds. The van der Waals surface area contributed by atoms with Crippen molar-refractivity contribution in [2.24, 2.45) is 16.6 Å². The highest BCUT2D eigenvalue weighted by Crippen LogP contribution is 2.16. The number of benzene rings is 1. The summed E-state index contributed by atoms with van der Waals surface area (Å²) in [5.74, 6) is 1.81. The van der Waals surface area contributed by atoms with Crippen LogP contribution in [0.3, 0.4) is 0 Å².